The summed E-state index contributed by atoms with van der Waals surface area (Å²) >= 11 is 0. The molecule has 4 rings (SSSR count). The van der Waals surface area contributed by atoms with Crippen LogP contribution in [0.4, 0.5) is 14.9 Å². The lowest BCUT2D eigenvalue weighted by Gasteiger charge is -2.35. The van der Waals surface area contributed by atoms with Gasteiger partial charge in [-0.2, -0.15) is 0 Å². The predicted octanol–water partition coefficient (Wildman–Crippen LogP) is 6.00. The number of nitrogens with zero attached hydrogens (tertiary/aromatic N) is 2. The monoisotopic (exact) mass is 544 g/mol. The van der Waals surface area contributed by atoms with Gasteiger partial charge in [0.15, 0.2) is 0 Å². The van der Waals surface area contributed by atoms with Crippen molar-refractivity contribution in [1.82, 2.24) is 10.4 Å². The molecule has 0 saturated carbocycles. The lowest BCUT2D eigenvalue weighted by molar-refractivity contribution is -0.145. The molecule has 7 nitrogen and oxygen atoms in total. The van der Waals surface area contributed by atoms with Crippen molar-refractivity contribution in [1.29, 1.82) is 0 Å². The minimum absolute atomic E-state index is 0.164. The molecule has 3 aromatic carbocycles. The summed E-state index contributed by atoms with van der Waals surface area (Å²) in [5.41, 5.74) is 11.3. The van der Waals surface area contributed by atoms with Crippen LogP contribution in [0.5, 0.6) is 0 Å². The zero-order chi connectivity index (χ0) is 29.0. The van der Waals surface area contributed by atoms with Gasteiger partial charge in [0, 0.05) is 12.1 Å². The third kappa shape index (κ3) is 6.86. The van der Waals surface area contributed by atoms with Crippen LogP contribution in [0.2, 0.25) is 0 Å². The fourth-order valence-corrected chi connectivity index (χ4v) is 5.39. The van der Waals surface area contributed by atoms with Crippen molar-refractivity contribution in [3.8, 4) is 0 Å². The van der Waals surface area contributed by atoms with Crippen LogP contribution in [0.3, 0.4) is 0 Å². The van der Waals surface area contributed by atoms with Gasteiger partial charge in [0.2, 0.25) is 5.91 Å². The van der Waals surface area contributed by atoms with E-state index in [4.69, 9.17) is 5.73 Å². The molecule has 0 aromatic heterocycles. The average molecular weight is 545 g/mol. The van der Waals surface area contributed by atoms with E-state index >= 15 is 0 Å². The maximum absolute atomic E-state index is 14.5. The second kappa shape index (κ2) is 11.9. The molecule has 1 aliphatic heterocycles. The summed E-state index contributed by atoms with van der Waals surface area (Å²) in [5.74, 6) is -1.49. The molecule has 4 amide bonds. The summed E-state index contributed by atoms with van der Waals surface area (Å²) in [7, 11) is 0. The first kappa shape index (κ1) is 28.8. The molecular formula is C32H37FN4O3. The zero-order valence-corrected chi connectivity index (χ0v) is 23.4. The van der Waals surface area contributed by atoms with Crippen molar-refractivity contribution in [3.05, 3.63) is 101 Å². The van der Waals surface area contributed by atoms with Crippen molar-refractivity contribution >= 4 is 23.5 Å². The van der Waals surface area contributed by atoms with Crippen molar-refractivity contribution in [3.63, 3.8) is 0 Å². The van der Waals surface area contributed by atoms with Gasteiger partial charge in [0.1, 0.15) is 11.9 Å². The number of benzene rings is 3. The normalized spacial score (nSPS) is 19.6. The molecule has 3 atom stereocenters. The third-order valence-corrected chi connectivity index (χ3v) is 7.12. The Morgan fingerprint density at radius 2 is 1.65 bits per heavy atom. The summed E-state index contributed by atoms with van der Waals surface area (Å²) in [6, 6.07) is 20.5. The average Bonchev–Trinajstić information content (AvgIpc) is 3.01. The van der Waals surface area contributed by atoms with E-state index in [-0.39, 0.29) is 30.1 Å². The van der Waals surface area contributed by atoms with Gasteiger partial charge in [0.25, 0.3) is 5.91 Å². The number of hydrogen-bond donors (Lipinski definition) is 2. The molecule has 1 fully saturated rings. The molecule has 3 unspecified atom stereocenters. The van der Waals surface area contributed by atoms with E-state index in [1.165, 1.54) is 22.0 Å². The molecule has 3 N–H and O–H groups in total. The molecule has 0 bridgehead atoms. The number of hydrazine groups is 1. The molecule has 40 heavy (non-hydrogen) atoms. The quantitative estimate of drug-likeness (QED) is 0.398. The van der Waals surface area contributed by atoms with Crippen LogP contribution in [0.25, 0.3) is 0 Å². The predicted molar refractivity (Wildman–Crippen MR) is 154 cm³/mol. The van der Waals surface area contributed by atoms with E-state index in [9.17, 15) is 18.8 Å². The Balaban J connectivity index is 1.87. The van der Waals surface area contributed by atoms with Gasteiger partial charge in [-0.05, 0) is 72.1 Å². The number of anilines is 1. The minimum atomic E-state index is -1.02. The van der Waals surface area contributed by atoms with Crippen LogP contribution < -0.4 is 16.1 Å². The second-order valence-corrected chi connectivity index (χ2v) is 11.7. The Morgan fingerprint density at radius 1 is 0.975 bits per heavy atom. The van der Waals surface area contributed by atoms with E-state index in [1.807, 2.05) is 64.1 Å². The number of halogens is 1. The fourth-order valence-electron chi connectivity index (χ4n) is 5.39. The molecule has 0 radical (unpaired) electrons. The van der Waals surface area contributed by atoms with Gasteiger partial charge in [-0.1, -0.05) is 75.4 Å². The molecule has 1 heterocycles. The largest absolute Gasteiger partial charge is 0.351 e. The van der Waals surface area contributed by atoms with Gasteiger partial charge < -0.3 is 5.73 Å². The molecule has 0 aliphatic carbocycles. The number of rotatable bonds is 6. The van der Waals surface area contributed by atoms with Crippen LogP contribution in [-0.4, -0.2) is 28.9 Å². The number of nitrogens with one attached hydrogen (secondary N) is 1. The highest BCUT2D eigenvalue weighted by molar-refractivity contribution is 6.00. The van der Waals surface area contributed by atoms with Crippen LogP contribution in [0.1, 0.15) is 68.7 Å². The number of nitrogens with two attached hydrogens (primary N) is 1. The first-order chi connectivity index (χ1) is 18.9. The number of carbonyl (C=O) groups is 3. The Kier molecular flexibility index (Phi) is 8.57. The maximum Gasteiger partial charge on any atom is 0.320 e. The Hall–Kier alpha value is -4.20. The SMILES string of the molecule is Cc1cccc(N(C(N)=O)C2CC(c3ccccc3)CC(c3cccc(F)c3)N(NC(=O)CC(C)(C)C)C2=O)c1. The second-order valence-electron chi connectivity index (χ2n) is 11.7. The standard InChI is InChI=1S/C32H37FN4O3/c1-21-10-8-15-26(16-21)36(31(34)40)28-19-24(22-11-6-5-7-12-22)18-27(23-13-9-14-25(33)17-23)37(30(28)39)35-29(38)20-32(2,3)4/h5-17,24,27-28H,18-20H2,1-4H3,(H2,34,40)(H,35,38). The van der Waals surface area contributed by atoms with Crippen LogP contribution >= 0.6 is 0 Å². The first-order valence-corrected chi connectivity index (χ1v) is 13.5. The van der Waals surface area contributed by atoms with Crippen LogP contribution in [0, 0.1) is 18.2 Å². The summed E-state index contributed by atoms with van der Waals surface area (Å²) in [5, 5.41) is 1.29. The Morgan fingerprint density at radius 3 is 2.27 bits per heavy atom. The fraction of sp³-hybridized carbons (Fsp3) is 0.344. The highest BCUT2D eigenvalue weighted by Crippen LogP contribution is 2.40. The summed E-state index contributed by atoms with van der Waals surface area (Å²) < 4.78 is 14.5. The molecule has 1 saturated heterocycles. The third-order valence-electron chi connectivity index (χ3n) is 7.12. The van der Waals surface area contributed by atoms with Crippen molar-refractivity contribution in [2.45, 2.75) is 65.0 Å². The van der Waals surface area contributed by atoms with Crippen molar-refractivity contribution in [2.75, 3.05) is 4.90 Å². The summed E-state index contributed by atoms with van der Waals surface area (Å²) in [4.78, 5) is 42.0. The van der Waals surface area contributed by atoms with Crippen molar-refractivity contribution < 1.29 is 18.8 Å². The molecule has 8 heteroatoms. The smallest absolute Gasteiger partial charge is 0.320 e. The maximum atomic E-state index is 14.5. The Labute approximate surface area is 235 Å². The lowest BCUT2D eigenvalue weighted by Crippen LogP contribution is -2.57. The first-order valence-electron chi connectivity index (χ1n) is 13.5. The summed E-state index contributed by atoms with van der Waals surface area (Å²) in [6.45, 7) is 7.69. The molecule has 0 spiro atoms. The molecule has 210 valence electrons. The van der Waals surface area contributed by atoms with Gasteiger partial charge in [-0.25, -0.2) is 14.2 Å². The Bertz CT molecular complexity index is 1370. The van der Waals surface area contributed by atoms with Gasteiger partial charge in [-0.15, -0.1) is 0 Å². The number of amides is 4. The number of hydrogen-bond acceptors (Lipinski definition) is 3. The molecular weight excluding hydrogens is 507 g/mol. The number of carbonyl (C=O) groups excluding carboxylic acids is 3. The number of urea groups is 1. The highest BCUT2D eigenvalue weighted by Gasteiger charge is 2.43. The lowest BCUT2D eigenvalue weighted by atomic mass is 9.86. The van der Waals surface area contributed by atoms with E-state index in [0.29, 0.717) is 17.7 Å². The van der Waals surface area contributed by atoms with E-state index in [1.54, 1.807) is 30.3 Å². The zero-order valence-electron chi connectivity index (χ0n) is 23.4. The molecule has 3 aromatic rings. The van der Waals surface area contributed by atoms with Crippen LogP contribution in [0.15, 0.2) is 78.9 Å². The van der Waals surface area contributed by atoms with Gasteiger partial charge in [0.05, 0.1) is 6.04 Å². The summed E-state index contributed by atoms with van der Waals surface area (Å²) in [6.07, 6.45) is 0.819. The van der Waals surface area contributed by atoms with Gasteiger partial charge in [-0.3, -0.25) is 19.9 Å². The van der Waals surface area contributed by atoms with E-state index in [0.717, 1.165) is 11.1 Å². The van der Waals surface area contributed by atoms with Gasteiger partial charge >= 0.3 is 6.03 Å². The minimum Gasteiger partial charge on any atom is -0.351 e. The topological polar surface area (TPSA) is 95.7 Å². The highest BCUT2D eigenvalue weighted by atomic mass is 19.1. The van der Waals surface area contributed by atoms with E-state index in [2.05, 4.69) is 5.43 Å². The molecule has 1 aliphatic rings. The van der Waals surface area contributed by atoms with Crippen molar-refractivity contribution in [2.24, 2.45) is 11.1 Å². The van der Waals surface area contributed by atoms with E-state index < -0.39 is 29.8 Å². The number of aryl methyl sites for hydroxylation is 1. The van der Waals surface area contributed by atoms with Crippen LogP contribution in [-0.2, 0) is 9.59 Å². The number of primary amides is 1.